The molecule has 2 aliphatic rings. The maximum Gasteiger partial charge on any atom is 0.224 e. The molecule has 0 aromatic rings. The number of nitrogens with one attached hydrogen (secondary N) is 2. The number of amides is 1. The normalized spacial score (nSPS) is 27.2. The molecule has 0 aromatic heterocycles. The predicted octanol–water partition coefficient (Wildman–Crippen LogP) is 2.46. The Morgan fingerprint density at radius 3 is 2.39 bits per heavy atom. The lowest BCUT2D eigenvalue weighted by Crippen LogP contribution is -2.42. The highest BCUT2D eigenvalue weighted by Crippen LogP contribution is 2.21. The first-order valence-corrected chi connectivity index (χ1v) is 7.84. The van der Waals surface area contributed by atoms with Crippen LogP contribution in [0.25, 0.3) is 0 Å². The smallest absolute Gasteiger partial charge is 0.224 e. The molecule has 3 heteroatoms. The zero-order valence-electron chi connectivity index (χ0n) is 11.5. The van der Waals surface area contributed by atoms with Crippen LogP contribution in [0, 0.1) is 11.8 Å². The summed E-state index contributed by atoms with van der Waals surface area (Å²) in [6.45, 7) is 2.86. The van der Waals surface area contributed by atoms with E-state index in [4.69, 9.17) is 0 Å². The lowest BCUT2D eigenvalue weighted by atomic mass is 9.91. The molecule has 1 atom stereocenters. The van der Waals surface area contributed by atoms with E-state index in [9.17, 15) is 4.79 Å². The molecule has 1 saturated heterocycles. The van der Waals surface area contributed by atoms with Gasteiger partial charge in [0, 0.05) is 13.1 Å². The van der Waals surface area contributed by atoms with Crippen molar-refractivity contribution < 1.29 is 4.79 Å². The van der Waals surface area contributed by atoms with Crippen LogP contribution in [-0.2, 0) is 4.79 Å². The van der Waals surface area contributed by atoms with Crippen molar-refractivity contribution in [2.24, 2.45) is 11.8 Å². The van der Waals surface area contributed by atoms with Gasteiger partial charge in [0.05, 0.1) is 5.92 Å². The van der Waals surface area contributed by atoms with Crippen LogP contribution in [-0.4, -0.2) is 25.5 Å². The van der Waals surface area contributed by atoms with Gasteiger partial charge in [0.15, 0.2) is 0 Å². The first kappa shape index (κ1) is 13.9. The zero-order valence-corrected chi connectivity index (χ0v) is 11.5. The van der Waals surface area contributed by atoms with E-state index in [0.29, 0.717) is 0 Å². The van der Waals surface area contributed by atoms with Crippen molar-refractivity contribution in [1.29, 1.82) is 0 Å². The minimum absolute atomic E-state index is 0.215. The molecule has 104 valence electrons. The van der Waals surface area contributed by atoms with Gasteiger partial charge in [-0.05, 0) is 38.1 Å². The minimum atomic E-state index is 0.215. The fourth-order valence-corrected chi connectivity index (χ4v) is 3.21. The average molecular weight is 252 g/mol. The topological polar surface area (TPSA) is 41.1 Å². The summed E-state index contributed by atoms with van der Waals surface area (Å²) in [6.07, 6.45) is 11.7. The Hall–Kier alpha value is -0.570. The molecule has 2 rings (SSSR count). The summed E-state index contributed by atoms with van der Waals surface area (Å²) in [5.74, 6) is 1.22. The van der Waals surface area contributed by atoms with Gasteiger partial charge in [0.25, 0.3) is 0 Å². The fraction of sp³-hybridized carbons (Fsp3) is 0.933. The van der Waals surface area contributed by atoms with Gasteiger partial charge in [-0.1, -0.05) is 32.1 Å². The molecular weight excluding hydrogens is 224 g/mol. The largest absolute Gasteiger partial charge is 0.356 e. The lowest BCUT2D eigenvalue weighted by Gasteiger charge is -2.24. The van der Waals surface area contributed by atoms with Gasteiger partial charge >= 0.3 is 0 Å². The highest BCUT2D eigenvalue weighted by Gasteiger charge is 2.21. The Morgan fingerprint density at radius 2 is 1.72 bits per heavy atom. The molecule has 1 aliphatic heterocycles. The number of hydrogen-bond acceptors (Lipinski definition) is 2. The van der Waals surface area contributed by atoms with E-state index in [-0.39, 0.29) is 11.8 Å². The van der Waals surface area contributed by atoms with Crippen LogP contribution in [0.2, 0.25) is 0 Å². The Kier molecular flexibility index (Phi) is 5.98. The van der Waals surface area contributed by atoms with Gasteiger partial charge in [0.1, 0.15) is 0 Å². The van der Waals surface area contributed by atoms with E-state index >= 15 is 0 Å². The summed E-state index contributed by atoms with van der Waals surface area (Å²) < 4.78 is 0. The van der Waals surface area contributed by atoms with Crippen LogP contribution in [0.4, 0.5) is 0 Å². The minimum Gasteiger partial charge on any atom is -0.356 e. The first-order valence-electron chi connectivity index (χ1n) is 7.84. The summed E-state index contributed by atoms with van der Waals surface area (Å²) in [5.41, 5.74) is 0. The van der Waals surface area contributed by atoms with Crippen molar-refractivity contribution in [2.45, 2.75) is 57.8 Å². The van der Waals surface area contributed by atoms with Crippen molar-refractivity contribution in [3.63, 3.8) is 0 Å². The maximum absolute atomic E-state index is 12.0. The standard InChI is InChI=1S/C15H28N2O/c18-15(14-9-6-10-16-12-14)17-11-13-7-4-2-1-3-5-8-13/h13-14,16H,1-12H2,(H,17,18). The number of hydrogen-bond donors (Lipinski definition) is 2. The van der Waals surface area contributed by atoms with Crippen molar-refractivity contribution in [3.05, 3.63) is 0 Å². The maximum atomic E-state index is 12.0. The Morgan fingerprint density at radius 1 is 1.00 bits per heavy atom. The molecule has 1 heterocycles. The van der Waals surface area contributed by atoms with Crippen molar-refractivity contribution >= 4 is 5.91 Å². The molecule has 1 saturated carbocycles. The van der Waals surface area contributed by atoms with E-state index < -0.39 is 0 Å². The molecule has 3 nitrogen and oxygen atoms in total. The van der Waals surface area contributed by atoms with Crippen LogP contribution in [0.15, 0.2) is 0 Å². The molecule has 0 radical (unpaired) electrons. The lowest BCUT2D eigenvalue weighted by molar-refractivity contribution is -0.125. The Labute approximate surface area is 111 Å². The molecule has 0 spiro atoms. The van der Waals surface area contributed by atoms with Gasteiger partial charge in [-0.2, -0.15) is 0 Å². The van der Waals surface area contributed by atoms with Gasteiger partial charge < -0.3 is 10.6 Å². The fourth-order valence-electron chi connectivity index (χ4n) is 3.21. The molecule has 0 bridgehead atoms. The van der Waals surface area contributed by atoms with Crippen molar-refractivity contribution in [3.8, 4) is 0 Å². The molecule has 2 N–H and O–H groups in total. The summed E-state index contributed by atoms with van der Waals surface area (Å²) in [7, 11) is 0. The summed E-state index contributed by atoms with van der Waals surface area (Å²) in [5, 5.41) is 6.50. The molecule has 2 fully saturated rings. The van der Waals surface area contributed by atoms with Crippen LogP contribution < -0.4 is 10.6 Å². The van der Waals surface area contributed by atoms with E-state index in [0.717, 1.165) is 38.4 Å². The zero-order chi connectivity index (χ0) is 12.6. The predicted molar refractivity (Wildman–Crippen MR) is 74.4 cm³/mol. The Balaban J connectivity index is 1.67. The van der Waals surface area contributed by atoms with E-state index in [2.05, 4.69) is 10.6 Å². The first-order chi connectivity index (χ1) is 8.86. The second-order valence-electron chi connectivity index (χ2n) is 6.00. The van der Waals surface area contributed by atoms with Gasteiger partial charge in [-0.3, -0.25) is 4.79 Å². The average Bonchev–Trinajstić information content (AvgIpc) is 2.38. The van der Waals surface area contributed by atoms with Crippen LogP contribution in [0.3, 0.4) is 0 Å². The molecule has 1 unspecified atom stereocenters. The third-order valence-electron chi connectivity index (χ3n) is 4.46. The molecule has 18 heavy (non-hydrogen) atoms. The molecule has 0 aromatic carbocycles. The van der Waals surface area contributed by atoms with Gasteiger partial charge in [0.2, 0.25) is 5.91 Å². The SMILES string of the molecule is O=C(NCC1CCCCCCC1)C1CCCNC1. The molecule has 1 amide bonds. The number of carbonyl (C=O) groups is 1. The second-order valence-corrected chi connectivity index (χ2v) is 6.00. The quantitative estimate of drug-likeness (QED) is 0.810. The van der Waals surface area contributed by atoms with Crippen LogP contribution in [0.5, 0.6) is 0 Å². The van der Waals surface area contributed by atoms with E-state index in [1.165, 1.54) is 44.9 Å². The van der Waals surface area contributed by atoms with Gasteiger partial charge in [-0.15, -0.1) is 0 Å². The van der Waals surface area contributed by atoms with E-state index in [1.54, 1.807) is 0 Å². The molecule has 1 aliphatic carbocycles. The number of piperidine rings is 1. The highest BCUT2D eigenvalue weighted by molar-refractivity contribution is 5.78. The summed E-state index contributed by atoms with van der Waals surface area (Å²) in [6, 6.07) is 0. The van der Waals surface area contributed by atoms with Crippen molar-refractivity contribution in [2.75, 3.05) is 19.6 Å². The second kappa shape index (κ2) is 7.78. The number of rotatable bonds is 3. The summed E-state index contributed by atoms with van der Waals surface area (Å²) >= 11 is 0. The van der Waals surface area contributed by atoms with Crippen LogP contribution >= 0.6 is 0 Å². The Bertz CT molecular complexity index is 241. The van der Waals surface area contributed by atoms with E-state index in [1.807, 2.05) is 0 Å². The third kappa shape index (κ3) is 4.60. The number of carbonyl (C=O) groups excluding carboxylic acids is 1. The summed E-state index contributed by atoms with van der Waals surface area (Å²) in [4.78, 5) is 12.0. The van der Waals surface area contributed by atoms with Crippen LogP contribution in [0.1, 0.15) is 57.8 Å². The molecular formula is C15H28N2O. The van der Waals surface area contributed by atoms with Crippen molar-refractivity contribution in [1.82, 2.24) is 10.6 Å². The highest BCUT2D eigenvalue weighted by atomic mass is 16.1. The monoisotopic (exact) mass is 252 g/mol. The third-order valence-corrected chi connectivity index (χ3v) is 4.46. The van der Waals surface area contributed by atoms with Gasteiger partial charge in [-0.25, -0.2) is 0 Å².